The number of rotatable bonds is 2. The number of hydrogen-bond acceptors (Lipinski definition) is 2. The Morgan fingerprint density at radius 3 is 2.89 bits per heavy atom. The highest BCUT2D eigenvalue weighted by molar-refractivity contribution is 4.60. The van der Waals surface area contributed by atoms with E-state index in [-0.39, 0.29) is 0 Å². The fourth-order valence-electron chi connectivity index (χ4n) is 1.09. The smallest absolute Gasteiger partial charge is 0.0723 e. The van der Waals surface area contributed by atoms with E-state index in [1.807, 2.05) is 0 Å². The Morgan fingerprint density at radius 1 is 1.67 bits per heavy atom. The van der Waals surface area contributed by atoms with E-state index >= 15 is 0 Å². The number of hydrogen-bond donors (Lipinski definition) is 0. The molecule has 1 heterocycles. The van der Waals surface area contributed by atoms with Crippen molar-refractivity contribution in [3.05, 3.63) is 0 Å². The normalized spacial score (nSPS) is 29.3. The molecule has 1 aliphatic rings. The lowest BCUT2D eigenvalue weighted by atomic mass is 10.2. The summed E-state index contributed by atoms with van der Waals surface area (Å²) in [5.74, 6) is 0.733. The fourth-order valence-corrected chi connectivity index (χ4v) is 1.09. The molecular weight excluding hydrogens is 114 g/mol. The molecule has 0 bridgehead atoms. The van der Waals surface area contributed by atoms with Crippen LogP contribution in [-0.4, -0.2) is 24.8 Å². The summed E-state index contributed by atoms with van der Waals surface area (Å²) in [5.41, 5.74) is 0. The predicted octanol–water partition coefficient (Wildman–Crippen LogP) is 1.28. The molecule has 0 saturated carbocycles. The molecule has 0 amide bonds. The summed E-state index contributed by atoms with van der Waals surface area (Å²) in [6.45, 7) is 7.51. The SMILES string of the molecule is CCCN1CC(C)CO1. The molecule has 0 radical (unpaired) electrons. The van der Waals surface area contributed by atoms with Gasteiger partial charge in [0.1, 0.15) is 0 Å². The van der Waals surface area contributed by atoms with Gasteiger partial charge in [-0.05, 0) is 12.3 Å². The van der Waals surface area contributed by atoms with Crippen molar-refractivity contribution in [2.45, 2.75) is 20.3 Å². The Morgan fingerprint density at radius 2 is 2.44 bits per heavy atom. The minimum Gasteiger partial charge on any atom is -0.299 e. The number of hydroxylamine groups is 2. The first-order valence-corrected chi connectivity index (χ1v) is 3.70. The van der Waals surface area contributed by atoms with Gasteiger partial charge in [-0.3, -0.25) is 4.84 Å². The van der Waals surface area contributed by atoms with Crippen molar-refractivity contribution < 1.29 is 4.84 Å². The molecule has 1 atom stereocenters. The summed E-state index contributed by atoms with van der Waals surface area (Å²) in [6, 6.07) is 0. The van der Waals surface area contributed by atoms with Crippen molar-refractivity contribution in [1.82, 2.24) is 5.06 Å². The minimum atomic E-state index is 0.733. The van der Waals surface area contributed by atoms with Gasteiger partial charge in [-0.15, -0.1) is 0 Å². The van der Waals surface area contributed by atoms with Crippen LogP contribution in [0, 0.1) is 5.92 Å². The van der Waals surface area contributed by atoms with E-state index in [2.05, 4.69) is 18.9 Å². The Labute approximate surface area is 56.8 Å². The van der Waals surface area contributed by atoms with Crippen molar-refractivity contribution in [2.75, 3.05) is 19.7 Å². The zero-order valence-electron chi connectivity index (χ0n) is 6.26. The molecule has 0 aliphatic carbocycles. The standard InChI is InChI=1S/C7H15NO/c1-3-4-8-5-7(2)6-9-8/h7H,3-6H2,1-2H3. The zero-order chi connectivity index (χ0) is 6.69. The van der Waals surface area contributed by atoms with Crippen molar-refractivity contribution in [2.24, 2.45) is 5.92 Å². The van der Waals surface area contributed by atoms with Gasteiger partial charge in [0.2, 0.25) is 0 Å². The molecule has 0 aromatic rings. The van der Waals surface area contributed by atoms with Crippen LogP contribution in [0.3, 0.4) is 0 Å². The molecule has 1 saturated heterocycles. The van der Waals surface area contributed by atoms with Gasteiger partial charge in [-0.1, -0.05) is 13.8 Å². The van der Waals surface area contributed by atoms with Gasteiger partial charge in [-0.25, -0.2) is 0 Å². The van der Waals surface area contributed by atoms with E-state index in [0.717, 1.165) is 25.6 Å². The van der Waals surface area contributed by atoms with Crippen LogP contribution in [-0.2, 0) is 4.84 Å². The zero-order valence-corrected chi connectivity index (χ0v) is 6.26. The van der Waals surface area contributed by atoms with Crippen molar-refractivity contribution in [3.63, 3.8) is 0 Å². The first-order chi connectivity index (χ1) is 4.33. The van der Waals surface area contributed by atoms with Gasteiger partial charge in [0.25, 0.3) is 0 Å². The van der Waals surface area contributed by atoms with Crippen LogP contribution in [0.25, 0.3) is 0 Å². The van der Waals surface area contributed by atoms with Crippen LogP contribution >= 0.6 is 0 Å². The Kier molecular flexibility index (Phi) is 2.49. The molecule has 0 spiro atoms. The van der Waals surface area contributed by atoms with Crippen LogP contribution in [0.5, 0.6) is 0 Å². The molecule has 1 rings (SSSR count). The summed E-state index contributed by atoms with van der Waals surface area (Å²) < 4.78 is 0. The van der Waals surface area contributed by atoms with Crippen molar-refractivity contribution in [3.8, 4) is 0 Å². The highest BCUT2D eigenvalue weighted by atomic mass is 16.7. The van der Waals surface area contributed by atoms with Gasteiger partial charge in [0.05, 0.1) is 6.61 Å². The third-order valence-corrected chi connectivity index (χ3v) is 1.53. The maximum Gasteiger partial charge on any atom is 0.0723 e. The Balaban J connectivity index is 2.14. The first kappa shape index (κ1) is 7.03. The second kappa shape index (κ2) is 3.18. The van der Waals surface area contributed by atoms with Gasteiger partial charge >= 0.3 is 0 Å². The number of nitrogens with zero attached hydrogens (tertiary/aromatic N) is 1. The highest BCUT2D eigenvalue weighted by Crippen LogP contribution is 2.10. The maximum absolute atomic E-state index is 5.34. The molecule has 9 heavy (non-hydrogen) atoms. The summed E-state index contributed by atoms with van der Waals surface area (Å²) in [4.78, 5) is 5.34. The molecular formula is C7H15NO. The summed E-state index contributed by atoms with van der Waals surface area (Å²) in [5, 5.41) is 2.06. The lowest BCUT2D eigenvalue weighted by molar-refractivity contribution is -0.109. The van der Waals surface area contributed by atoms with Crippen molar-refractivity contribution in [1.29, 1.82) is 0 Å². The van der Waals surface area contributed by atoms with Crippen molar-refractivity contribution >= 4 is 0 Å². The van der Waals surface area contributed by atoms with E-state index in [0.29, 0.717) is 0 Å². The van der Waals surface area contributed by atoms with Gasteiger partial charge in [-0.2, -0.15) is 5.06 Å². The van der Waals surface area contributed by atoms with E-state index in [1.54, 1.807) is 0 Å². The molecule has 0 aromatic carbocycles. The largest absolute Gasteiger partial charge is 0.299 e. The third kappa shape index (κ3) is 1.95. The quantitative estimate of drug-likeness (QED) is 0.557. The van der Waals surface area contributed by atoms with Crippen LogP contribution in [0.1, 0.15) is 20.3 Å². The fraction of sp³-hybridized carbons (Fsp3) is 1.00. The Bertz CT molecular complexity index is 83.0. The van der Waals surface area contributed by atoms with E-state index < -0.39 is 0 Å². The lowest BCUT2D eigenvalue weighted by Crippen LogP contribution is -2.19. The summed E-state index contributed by atoms with van der Waals surface area (Å²) >= 11 is 0. The lowest BCUT2D eigenvalue weighted by Gasteiger charge is -2.10. The van der Waals surface area contributed by atoms with E-state index in [1.165, 1.54) is 6.42 Å². The molecule has 54 valence electrons. The summed E-state index contributed by atoms with van der Waals surface area (Å²) in [7, 11) is 0. The molecule has 0 aromatic heterocycles. The molecule has 1 fully saturated rings. The second-order valence-electron chi connectivity index (χ2n) is 2.79. The maximum atomic E-state index is 5.34. The Hall–Kier alpha value is -0.0800. The van der Waals surface area contributed by atoms with Crippen LogP contribution < -0.4 is 0 Å². The summed E-state index contributed by atoms with van der Waals surface area (Å²) in [6.07, 6.45) is 1.19. The minimum absolute atomic E-state index is 0.733. The third-order valence-electron chi connectivity index (χ3n) is 1.53. The average Bonchev–Trinajstić information content (AvgIpc) is 2.17. The predicted molar refractivity (Wildman–Crippen MR) is 37.0 cm³/mol. The molecule has 0 N–H and O–H groups in total. The first-order valence-electron chi connectivity index (χ1n) is 3.70. The van der Waals surface area contributed by atoms with Crippen LogP contribution in [0.2, 0.25) is 0 Å². The monoisotopic (exact) mass is 129 g/mol. The molecule has 2 heteroatoms. The van der Waals surface area contributed by atoms with Crippen LogP contribution in [0.15, 0.2) is 0 Å². The van der Waals surface area contributed by atoms with E-state index in [4.69, 9.17) is 4.84 Å². The van der Waals surface area contributed by atoms with E-state index in [9.17, 15) is 0 Å². The topological polar surface area (TPSA) is 12.5 Å². The average molecular weight is 129 g/mol. The van der Waals surface area contributed by atoms with Gasteiger partial charge in [0.15, 0.2) is 0 Å². The highest BCUT2D eigenvalue weighted by Gasteiger charge is 2.17. The van der Waals surface area contributed by atoms with Crippen LogP contribution in [0.4, 0.5) is 0 Å². The molecule has 1 unspecified atom stereocenters. The molecule has 2 nitrogen and oxygen atoms in total. The van der Waals surface area contributed by atoms with Gasteiger partial charge in [0, 0.05) is 13.1 Å². The molecule has 1 aliphatic heterocycles. The second-order valence-corrected chi connectivity index (χ2v) is 2.79. The van der Waals surface area contributed by atoms with Gasteiger partial charge < -0.3 is 0 Å².